The van der Waals surface area contributed by atoms with E-state index in [0.717, 1.165) is 12.8 Å². The van der Waals surface area contributed by atoms with Crippen LogP contribution in [0.5, 0.6) is 0 Å². The van der Waals surface area contributed by atoms with E-state index < -0.39 is 10.0 Å². The molecule has 134 valence electrons. The number of amides is 1. The summed E-state index contributed by atoms with van der Waals surface area (Å²) < 4.78 is 26.9. The second kappa shape index (κ2) is 8.62. The summed E-state index contributed by atoms with van der Waals surface area (Å²) in [5.41, 5.74) is 1.19. The Balaban J connectivity index is 1.96. The number of piperazine rings is 1. The normalized spacial score (nSPS) is 16.3. The van der Waals surface area contributed by atoms with E-state index in [-0.39, 0.29) is 5.91 Å². The highest BCUT2D eigenvalue weighted by Gasteiger charge is 2.29. The minimum Gasteiger partial charge on any atom is -0.340 e. The lowest BCUT2D eigenvalue weighted by Crippen LogP contribution is -2.49. The van der Waals surface area contributed by atoms with Crippen LogP contribution in [0.15, 0.2) is 29.2 Å². The van der Waals surface area contributed by atoms with Crippen molar-refractivity contribution in [1.82, 2.24) is 9.21 Å². The van der Waals surface area contributed by atoms with Crippen LogP contribution in [-0.2, 0) is 21.2 Å². The van der Waals surface area contributed by atoms with Crippen LogP contribution in [0.25, 0.3) is 0 Å². The lowest BCUT2D eigenvalue weighted by molar-refractivity contribution is -0.129. The number of hydrogen-bond donors (Lipinski definition) is 0. The molecule has 1 fully saturated rings. The molecule has 0 unspecified atom stereocenters. The lowest BCUT2D eigenvalue weighted by Gasteiger charge is -2.33. The van der Waals surface area contributed by atoms with E-state index in [9.17, 15) is 13.2 Å². The number of carbonyl (C=O) groups excluding carboxylic acids is 1. The molecule has 5 nitrogen and oxygen atoms in total. The maximum Gasteiger partial charge on any atom is 0.243 e. The van der Waals surface area contributed by atoms with Crippen molar-refractivity contribution < 1.29 is 13.2 Å². The number of unbranched alkanes of at least 4 members (excludes halogenated alkanes) is 3. The van der Waals surface area contributed by atoms with Crippen molar-refractivity contribution in [3.05, 3.63) is 29.8 Å². The monoisotopic (exact) mass is 352 g/mol. The summed E-state index contributed by atoms with van der Waals surface area (Å²) in [4.78, 5) is 13.4. The van der Waals surface area contributed by atoms with E-state index in [1.807, 2.05) is 12.1 Å². The quantitative estimate of drug-likeness (QED) is 0.709. The van der Waals surface area contributed by atoms with Gasteiger partial charge in [-0.1, -0.05) is 38.3 Å². The van der Waals surface area contributed by atoms with Crippen molar-refractivity contribution in [2.75, 3.05) is 26.2 Å². The van der Waals surface area contributed by atoms with Crippen LogP contribution in [0.3, 0.4) is 0 Å². The summed E-state index contributed by atoms with van der Waals surface area (Å²) in [6.07, 6.45) is 5.83. The number of sulfonamides is 1. The van der Waals surface area contributed by atoms with Gasteiger partial charge in [-0.25, -0.2) is 8.42 Å². The zero-order valence-electron chi connectivity index (χ0n) is 14.7. The fraction of sp³-hybridized carbons (Fsp3) is 0.611. The van der Waals surface area contributed by atoms with E-state index in [0.29, 0.717) is 31.1 Å². The molecule has 0 aliphatic carbocycles. The summed E-state index contributed by atoms with van der Waals surface area (Å²) in [6.45, 7) is 5.36. The SMILES string of the molecule is CCCCCCc1ccc(S(=O)(=O)N2CCN(C(C)=O)CC2)cc1. The molecule has 1 heterocycles. The first-order valence-electron chi connectivity index (χ1n) is 8.79. The second-order valence-electron chi connectivity index (χ2n) is 6.36. The van der Waals surface area contributed by atoms with Gasteiger partial charge >= 0.3 is 0 Å². The molecular formula is C18H28N2O3S. The highest BCUT2D eigenvalue weighted by Crippen LogP contribution is 2.19. The summed E-state index contributed by atoms with van der Waals surface area (Å²) in [5, 5.41) is 0. The molecule has 0 atom stereocenters. The molecule has 1 aliphatic heterocycles. The van der Waals surface area contributed by atoms with Gasteiger partial charge in [-0.3, -0.25) is 4.79 Å². The van der Waals surface area contributed by atoms with Gasteiger partial charge in [0.05, 0.1) is 4.90 Å². The number of carbonyl (C=O) groups is 1. The van der Waals surface area contributed by atoms with Gasteiger partial charge in [-0.05, 0) is 30.5 Å². The zero-order valence-corrected chi connectivity index (χ0v) is 15.5. The van der Waals surface area contributed by atoms with Crippen LogP contribution in [0, 0.1) is 0 Å². The van der Waals surface area contributed by atoms with Gasteiger partial charge in [0.2, 0.25) is 15.9 Å². The number of rotatable bonds is 7. The third-order valence-electron chi connectivity index (χ3n) is 4.56. The fourth-order valence-electron chi connectivity index (χ4n) is 2.98. The Kier molecular flexibility index (Phi) is 6.80. The third kappa shape index (κ3) is 4.80. The first-order chi connectivity index (χ1) is 11.4. The Hall–Kier alpha value is -1.40. The highest BCUT2D eigenvalue weighted by molar-refractivity contribution is 7.89. The van der Waals surface area contributed by atoms with Crippen LogP contribution < -0.4 is 0 Å². The lowest BCUT2D eigenvalue weighted by atomic mass is 10.1. The number of nitrogens with zero attached hydrogens (tertiary/aromatic N) is 2. The van der Waals surface area contributed by atoms with Crippen LogP contribution in [0.2, 0.25) is 0 Å². The molecule has 1 saturated heterocycles. The molecule has 6 heteroatoms. The van der Waals surface area contributed by atoms with Crippen LogP contribution in [0.4, 0.5) is 0 Å². The van der Waals surface area contributed by atoms with Crippen molar-refractivity contribution in [1.29, 1.82) is 0 Å². The molecular weight excluding hydrogens is 324 g/mol. The van der Waals surface area contributed by atoms with Gasteiger partial charge in [-0.15, -0.1) is 0 Å². The van der Waals surface area contributed by atoms with Gasteiger partial charge in [0.25, 0.3) is 0 Å². The van der Waals surface area contributed by atoms with Crippen molar-refractivity contribution in [3.8, 4) is 0 Å². The molecule has 0 aromatic heterocycles. The molecule has 0 bridgehead atoms. The van der Waals surface area contributed by atoms with Gasteiger partial charge < -0.3 is 4.90 Å². The summed E-state index contributed by atoms with van der Waals surface area (Å²) in [7, 11) is -3.46. The van der Waals surface area contributed by atoms with E-state index in [1.165, 1.54) is 36.1 Å². The van der Waals surface area contributed by atoms with Gasteiger partial charge in [0.1, 0.15) is 0 Å². The minimum absolute atomic E-state index is 0.000487. The molecule has 1 aromatic rings. The highest BCUT2D eigenvalue weighted by atomic mass is 32.2. The van der Waals surface area contributed by atoms with E-state index in [1.54, 1.807) is 17.0 Å². The average Bonchev–Trinajstić information content (AvgIpc) is 2.59. The summed E-state index contributed by atoms with van der Waals surface area (Å²) in [6, 6.07) is 7.26. The maximum atomic E-state index is 12.7. The first kappa shape index (κ1) is 18.9. The predicted octanol–water partition coefficient (Wildman–Crippen LogP) is 2.66. The standard InChI is InChI=1S/C18H28N2O3S/c1-3-4-5-6-7-17-8-10-18(11-9-17)24(22,23)20-14-12-19(13-15-20)16(2)21/h8-11H,3-7,12-15H2,1-2H3. The van der Waals surface area contributed by atoms with Crippen molar-refractivity contribution >= 4 is 15.9 Å². The van der Waals surface area contributed by atoms with E-state index in [4.69, 9.17) is 0 Å². The maximum absolute atomic E-state index is 12.7. The van der Waals surface area contributed by atoms with E-state index >= 15 is 0 Å². The molecule has 0 radical (unpaired) electrons. The van der Waals surface area contributed by atoms with Crippen LogP contribution in [0.1, 0.15) is 45.1 Å². The van der Waals surface area contributed by atoms with Crippen molar-refractivity contribution in [3.63, 3.8) is 0 Å². The Morgan fingerprint density at radius 1 is 1.00 bits per heavy atom. The summed E-state index contributed by atoms with van der Waals surface area (Å²) in [5.74, 6) is -0.000487. The molecule has 0 N–H and O–H groups in total. The Morgan fingerprint density at radius 3 is 2.17 bits per heavy atom. The molecule has 1 aromatic carbocycles. The minimum atomic E-state index is -3.46. The number of benzene rings is 1. The Labute approximate surface area is 145 Å². The van der Waals surface area contributed by atoms with Crippen LogP contribution >= 0.6 is 0 Å². The molecule has 0 spiro atoms. The molecule has 0 saturated carbocycles. The number of aryl methyl sites for hydroxylation is 1. The van der Waals surface area contributed by atoms with Gasteiger partial charge in [0.15, 0.2) is 0 Å². The molecule has 1 aliphatic rings. The van der Waals surface area contributed by atoms with Crippen molar-refractivity contribution in [2.24, 2.45) is 0 Å². The molecule has 1 amide bonds. The zero-order chi connectivity index (χ0) is 17.6. The number of hydrogen-bond acceptors (Lipinski definition) is 3. The summed E-state index contributed by atoms with van der Waals surface area (Å²) >= 11 is 0. The van der Waals surface area contributed by atoms with Crippen LogP contribution in [-0.4, -0.2) is 49.7 Å². The smallest absolute Gasteiger partial charge is 0.243 e. The Bertz CT molecular complexity index is 633. The molecule has 2 rings (SSSR count). The fourth-order valence-corrected chi connectivity index (χ4v) is 4.40. The van der Waals surface area contributed by atoms with Gasteiger partial charge in [0, 0.05) is 33.1 Å². The molecule has 24 heavy (non-hydrogen) atoms. The largest absolute Gasteiger partial charge is 0.340 e. The predicted molar refractivity (Wildman–Crippen MR) is 95.3 cm³/mol. The average molecular weight is 353 g/mol. The van der Waals surface area contributed by atoms with E-state index in [2.05, 4.69) is 6.92 Å². The third-order valence-corrected chi connectivity index (χ3v) is 6.48. The first-order valence-corrected chi connectivity index (χ1v) is 10.2. The van der Waals surface area contributed by atoms with Crippen molar-refractivity contribution in [2.45, 2.75) is 50.8 Å². The topological polar surface area (TPSA) is 57.7 Å². The second-order valence-corrected chi connectivity index (χ2v) is 8.30. The Morgan fingerprint density at radius 2 is 1.62 bits per heavy atom. The van der Waals surface area contributed by atoms with Gasteiger partial charge in [-0.2, -0.15) is 4.31 Å².